The molecule has 0 amide bonds. The molecule has 2 aromatic heterocycles. The molecule has 2 aliphatic carbocycles. The Morgan fingerprint density at radius 2 is 1.90 bits per heavy atom. The van der Waals surface area contributed by atoms with Crippen molar-refractivity contribution in [3.05, 3.63) is 29.3 Å². The quantitative estimate of drug-likeness (QED) is 0.767. The number of ether oxygens (including phenoxy) is 1. The van der Waals surface area contributed by atoms with Gasteiger partial charge in [-0.2, -0.15) is 0 Å². The number of carbonyl (C=O) groups is 1. The maximum atomic E-state index is 13.8. The zero-order chi connectivity index (χ0) is 21.0. The van der Waals surface area contributed by atoms with E-state index in [9.17, 15) is 14.3 Å². The molecule has 1 saturated heterocycles. The first-order valence-corrected chi connectivity index (χ1v) is 11.2. The number of carboxylic acids is 1. The zero-order valence-electron chi connectivity index (χ0n) is 17.7. The minimum Gasteiger partial charge on any atom is -0.478 e. The highest BCUT2D eigenvalue weighted by Gasteiger charge is 2.39. The Morgan fingerprint density at radius 1 is 1.20 bits per heavy atom. The van der Waals surface area contributed by atoms with Gasteiger partial charge in [-0.3, -0.25) is 4.90 Å². The third-order valence-electron chi connectivity index (χ3n) is 7.40. The smallest absolute Gasteiger partial charge is 0.338 e. The Hall–Kier alpha value is -1.99. The minimum atomic E-state index is -1.03. The van der Waals surface area contributed by atoms with Crippen LogP contribution in [0.3, 0.4) is 0 Å². The van der Waals surface area contributed by atoms with Crippen LogP contribution in [0.1, 0.15) is 67.5 Å². The predicted molar refractivity (Wildman–Crippen MR) is 111 cm³/mol. The molecule has 7 heteroatoms. The van der Waals surface area contributed by atoms with E-state index in [1.54, 1.807) is 0 Å². The summed E-state index contributed by atoms with van der Waals surface area (Å²) in [6.07, 6.45) is 9.16. The highest BCUT2D eigenvalue weighted by Crippen LogP contribution is 2.39. The molecule has 3 aliphatic rings. The van der Waals surface area contributed by atoms with E-state index in [2.05, 4.69) is 16.8 Å². The first-order valence-electron chi connectivity index (χ1n) is 11.2. The Bertz CT molecular complexity index is 956. The Balaban J connectivity index is 1.28. The van der Waals surface area contributed by atoms with Crippen LogP contribution in [0.5, 0.6) is 0 Å². The van der Waals surface area contributed by atoms with Crippen molar-refractivity contribution in [1.29, 1.82) is 0 Å². The minimum absolute atomic E-state index is 0.127. The molecule has 0 unspecified atom stereocenters. The summed E-state index contributed by atoms with van der Waals surface area (Å²) < 4.78 is 21.8. The van der Waals surface area contributed by atoms with E-state index in [1.165, 1.54) is 25.1 Å². The lowest BCUT2D eigenvalue weighted by Gasteiger charge is -2.47. The van der Waals surface area contributed by atoms with Gasteiger partial charge in [-0.05, 0) is 64.4 Å². The second-order valence-electron chi connectivity index (χ2n) is 9.38. The molecule has 2 saturated carbocycles. The molecule has 0 radical (unpaired) electrons. The number of rotatable bonds is 6. The van der Waals surface area contributed by atoms with Crippen molar-refractivity contribution in [1.82, 2.24) is 14.5 Å². The molecule has 1 aliphatic heterocycles. The highest BCUT2D eigenvalue weighted by atomic mass is 19.1. The number of hydrogen-bond donors (Lipinski definition) is 1. The molecule has 0 spiro atoms. The van der Waals surface area contributed by atoms with Crippen LogP contribution < -0.4 is 0 Å². The molecule has 2 aromatic rings. The molecule has 0 bridgehead atoms. The van der Waals surface area contributed by atoms with Gasteiger partial charge < -0.3 is 14.4 Å². The Labute approximate surface area is 176 Å². The van der Waals surface area contributed by atoms with E-state index in [1.807, 2.05) is 11.5 Å². The van der Waals surface area contributed by atoms with Gasteiger partial charge in [0.1, 0.15) is 11.5 Å². The van der Waals surface area contributed by atoms with Crippen molar-refractivity contribution in [3.63, 3.8) is 0 Å². The van der Waals surface area contributed by atoms with Crippen molar-refractivity contribution in [2.45, 2.75) is 76.7 Å². The van der Waals surface area contributed by atoms with Gasteiger partial charge in [0.15, 0.2) is 0 Å². The van der Waals surface area contributed by atoms with E-state index in [-0.39, 0.29) is 11.6 Å². The molecule has 0 aromatic carbocycles. The van der Waals surface area contributed by atoms with E-state index in [0.29, 0.717) is 40.9 Å². The molecular formula is C23H30FN3O3. The summed E-state index contributed by atoms with van der Waals surface area (Å²) in [7, 11) is 0. The highest BCUT2D eigenvalue weighted by molar-refractivity contribution is 6.04. The molecule has 6 nitrogen and oxygen atoms in total. The van der Waals surface area contributed by atoms with Crippen molar-refractivity contribution < 1.29 is 19.0 Å². The monoisotopic (exact) mass is 415 g/mol. The van der Waals surface area contributed by atoms with Crippen LogP contribution in [0.4, 0.5) is 4.39 Å². The maximum absolute atomic E-state index is 13.8. The van der Waals surface area contributed by atoms with Gasteiger partial charge in [0, 0.05) is 36.3 Å². The van der Waals surface area contributed by atoms with Crippen LogP contribution in [0.2, 0.25) is 0 Å². The Morgan fingerprint density at radius 3 is 2.53 bits per heavy atom. The number of halogens is 1. The van der Waals surface area contributed by atoms with E-state index < -0.39 is 11.8 Å². The number of aromatic nitrogens is 2. The SMILES string of the molecule is Cc1c(C(=O)O)c2cc(F)cnc2n1[C@H](C)C1CCC(N2CC(OC3CC3)C2)CC1. The summed E-state index contributed by atoms with van der Waals surface area (Å²) in [6.45, 7) is 6.10. The molecule has 162 valence electrons. The number of fused-ring (bicyclic) bond motifs is 1. The molecular weight excluding hydrogens is 385 g/mol. The summed E-state index contributed by atoms with van der Waals surface area (Å²) in [5.41, 5.74) is 1.40. The lowest BCUT2D eigenvalue weighted by atomic mass is 9.80. The predicted octanol–water partition coefficient (Wildman–Crippen LogP) is 4.17. The number of hydrogen-bond acceptors (Lipinski definition) is 4. The van der Waals surface area contributed by atoms with Gasteiger partial charge in [-0.1, -0.05) is 0 Å². The molecule has 1 atom stereocenters. The van der Waals surface area contributed by atoms with Crippen LogP contribution in [0.25, 0.3) is 11.0 Å². The van der Waals surface area contributed by atoms with E-state index >= 15 is 0 Å². The van der Waals surface area contributed by atoms with Crippen LogP contribution in [0.15, 0.2) is 12.3 Å². The Kier molecular flexibility index (Phi) is 5.06. The van der Waals surface area contributed by atoms with Crippen molar-refractivity contribution in [3.8, 4) is 0 Å². The summed E-state index contributed by atoms with van der Waals surface area (Å²) in [4.78, 5) is 18.7. The van der Waals surface area contributed by atoms with Gasteiger partial charge >= 0.3 is 5.97 Å². The van der Waals surface area contributed by atoms with Crippen LogP contribution >= 0.6 is 0 Å². The number of nitrogens with zero attached hydrogens (tertiary/aromatic N) is 3. The molecule has 1 N–H and O–H groups in total. The van der Waals surface area contributed by atoms with Gasteiger partial charge in [-0.25, -0.2) is 14.2 Å². The first-order chi connectivity index (χ1) is 14.4. The van der Waals surface area contributed by atoms with Crippen LogP contribution in [-0.2, 0) is 4.74 Å². The van der Waals surface area contributed by atoms with E-state index in [4.69, 9.17) is 4.74 Å². The standard InChI is InChI=1S/C23H30FN3O3/c1-13(27-14(2)21(23(28)29)20-9-16(24)10-25-22(20)27)15-3-5-17(6-4-15)26-11-19(12-26)30-18-7-8-18/h9-10,13,15,17-19H,3-8,11-12H2,1-2H3,(H,28,29)/t13-,15?,17?/m1/s1. The number of pyridine rings is 1. The van der Waals surface area contributed by atoms with Crippen LogP contribution in [-0.4, -0.2) is 56.9 Å². The largest absolute Gasteiger partial charge is 0.478 e. The van der Waals surface area contributed by atoms with Gasteiger partial charge in [0.2, 0.25) is 0 Å². The third kappa shape index (κ3) is 3.52. The van der Waals surface area contributed by atoms with Crippen LogP contribution in [0, 0.1) is 18.7 Å². The normalized spacial score (nSPS) is 26.6. The fourth-order valence-corrected chi connectivity index (χ4v) is 5.54. The first kappa shape index (κ1) is 19.9. The molecule has 30 heavy (non-hydrogen) atoms. The summed E-state index contributed by atoms with van der Waals surface area (Å²) in [5, 5.41) is 10.1. The second-order valence-corrected chi connectivity index (χ2v) is 9.38. The van der Waals surface area contributed by atoms with Gasteiger partial charge in [0.25, 0.3) is 0 Å². The van der Waals surface area contributed by atoms with Gasteiger partial charge in [-0.15, -0.1) is 0 Å². The van der Waals surface area contributed by atoms with E-state index in [0.717, 1.165) is 38.8 Å². The lowest BCUT2D eigenvalue weighted by molar-refractivity contribution is -0.0864. The lowest BCUT2D eigenvalue weighted by Crippen LogP contribution is -2.57. The molecule has 3 fully saturated rings. The average molecular weight is 416 g/mol. The second kappa shape index (κ2) is 7.61. The molecule has 5 rings (SSSR count). The number of likely N-dealkylation sites (tertiary alicyclic amines) is 1. The topological polar surface area (TPSA) is 67.6 Å². The summed E-state index contributed by atoms with van der Waals surface area (Å²) in [5.74, 6) is -1.07. The summed E-state index contributed by atoms with van der Waals surface area (Å²) >= 11 is 0. The van der Waals surface area contributed by atoms with Crippen molar-refractivity contribution in [2.24, 2.45) is 5.92 Å². The van der Waals surface area contributed by atoms with Crippen molar-refractivity contribution in [2.75, 3.05) is 13.1 Å². The number of carboxylic acid groups (broad SMARTS) is 1. The fourth-order valence-electron chi connectivity index (χ4n) is 5.54. The maximum Gasteiger partial charge on any atom is 0.338 e. The fraction of sp³-hybridized carbons (Fsp3) is 0.652. The van der Waals surface area contributed by atoms with Gasteiger partial charge in [0.05, 0.1) is 24.0 Å². The van der Waals surface area contributed by atoms with Crippen molar-refractivity contribution >= 4 is 17.0 Å². The summed E-state index contributed by atoms with van der Waals surface area (Å²) in [6, 6.07) is 2.06. The third-order valence-corrected chi connectivity index (χ3v) is 7.40. The average Bonchev–Trinajstić information content (AvgIpc) is 3.45. The molecule has 3 heterocycles. The zero-order valence-corrected chi connectivity index (χ0v) is 17.7. The number of aromatic carboxylic acids is 1.